The smallest absolute Gasteiger partial charge is 0.315 e. The highest BCUT2D eigenvalue weighted by Gasteiger charge is 2.21. The van der Waals surface area contributed by atoms with Crippen LogP contribution >= 0.6 is 11.6 Å². The predicted molar refractivity (Wildman–Crippen MR) is 67.4 cm³/mol. The van der Waals surface area contributed by atoms with E-state index in [1.54, 1.807) is 24.3 Å². The molecule has 0 aliphatic rings. The summed E-state index contributed by atoms with van der Waals surface area (Å²) in [4.78, 5) is 11.4. The van der Waals surface area contributed by atoms with Gasteiger partial charge in [-0.2, -0.15) is 0 Å². The Hall–Kier alpha value is -1.80. The van der Waals surface area contributed by atoms with E-state index >= 15 is 0 Å². The van der Waals surface area contributed by atoms with Crippen molar-refractivity contribution in [3.63, 3.8) is 0 Å². The lowest BCUT2D eigenvalue weighted by molar-refractivity contribution is -0.137. The van der Waals surface area contributed by atoms with E-state index in [9.17, 15) is 9.90 Å². The third-order valence-corrected chi connectivity index (χ3v) is 2.84. The Morgan fingerprint density at radius 3 is 2.00 bits per heavy atom. The Kier molecular flexibility index (Phi) is 3.45. The highest BCUT2D eigenvalue weighted by molar-refractivity contribution is 6.30. The Morgan fingerprint density at radius 1 is 0.941 bits per heavy atom. The molecule has 0 spiro atoms. The summed E-state index contributed by atoms with van der Waals surface area (Å²) in [5, 5.41) is 9.92. The number of carboxylic acid groups (broad SMARTS) is 1. The normalized spacial score (nSPS) is 12.1. The monoisotopic (exact) mass is 246 g/mol. The minimum atomic E-state index is -0.862. The molecule has 2 aromatic carbocycles. The zero-order valence-electron chi connectivity index (χ0n) is 9.01. The molecule has 0 fully saturated rings. The maximum Gasteiger partial charge on any atom is 0.315 e. The number of benzene rings is 2. The average molecular weight is 247 g/mol. The first-order valence-electron chi connectivity index (χ1n) is 5.21. The van der Waals surface area contributed by atoms with Crippen molar-refractivity contribution in [1.82, 2.24) is 0 Å². The minimum absolute atomic E-state index is 0.603. The lowest BCUT2D eigenvalue weighted by Gasteiger charge is -2.13. The van der Waals surface area contributed by atoms with Gasteiger partial charge < -0.3 is 5.11 Å². The molecule has 0 amide bonds. The van der Waals surface area contributed by atoms with Crippen LogP contribution in [0, 0.1) is 0 Å². The van der Waals surface area contributed by atoms with E-state index in [0.29, 0.717) is 5.02 Å². The SMILES string of the molecule is O=C(O)[C@H](c1ccccc1)c1ccc(Cl)cc1. The lowest BCUT2D eigenvalue weighted by atomic mass is 9.91. The van der Waals surface area contributed by atoms with Gasteiger partial charge in [-0.3, -0.25) is 4.79 Å². The van der Waals surface area contributed by atoms with Crippen LogP contribution in [0.15, 0.2) is 54.6 Å². The molecule has 0 unspecified atom stereocenters. The minimum Gasteiger partial charge on any atom is -0.481 e. The summed E-state index contributed by atoms with van der Waals surface area (Å²) >= 11 is 5.79. The molecule has 1 atom stereocenters. The van der Waals surface area contributed by atoms with Crippen molar-refractivity contribution in [3.05, 3.63) is 70.7 Å². The second-order valence-electron chi connectivity index (χ2n) is 3.73. The highest BCUT2D eigenvalue weighted by Crippen LogP contribution is 2.25. The molecular weight excluding hydrogens is 236 g/mol. The molecule has 0 aliphatic heterocycles. The van der Waals surface area contributed by atoms with E-state index in [1.165, 1.54) is 0 Å². The van der Waals surface area contributed by atoms with Crippen molar-refractivity contribution in [3.8, 4) is 0 Å². The molecule has 1 N–H and O–H groups in total. The topological polar surface area (TPSA) is 37.3 Å². The molecule has 0 saturated heterocycles. The number of aliphatic carboxylic acids is 1. The van der Waals surface area contributed by atoms with Crippen LogP contribution in [-0.4, -0.2) is 11.1 Å². The van der Waals surface area contributed by atoms with Gasteiger partial charge in [0.05, 0.1) is 0 Å². The summed E-state index contributed by atoms with van der Waals surface area (Å²) in [6.45, 7) is 0. The third-order valence-electron chi connectivity index (χ3n) is 2.58. The van der Waals surface area contributed by atoms with Crippen LogP contribution in [0.4, 0.5) is 0 Å². The van der Waals surface area contributed by atoms with Crippen molar-refractivity contribution in [2.24, 2.45) is 0 Å². The molecule has 2 nitrogen and oxygen atoms in total. The first-order valence-corrected chi connectivity index (χ1v) is 5.59. The fourth-order valence-corrected chi connectivity index (χ4v) is 1.90. The van der Waals surface area contributed by atoms with Gasteiger partial charge in [-0.05, 0) is 23.3 Å². The van der Waals surface area contributed by atoms with Crippen LogP contribution in [0.5, 0.6) is 0 Å². The number of rotatable bonds is 3. The molecule has 0 saturated carbocycles. The molecule has 2 aromatic rings. The maximum atomic E-state index is 11.4. The van der Waals surface area contributed by atoms with Crippen LogP contribution in [0.1, 0.15) is 17.0 Å². The van der Waals surface area contributed by atoms with Gasteiger partial charge in [0.15, 0.2) is 0 Å². The number of hydrogen-bond donors (Lipinski definition) is 1. The molecule has 0 aromatic heterocycles. The van der Waals surface area contributed by atoms with E-state index in [4.69, 9.17) is 11.6 Å². The molecule has 86 valence electrons. The zero-order valence-corrected chi connectivity index (χ0v) is 9.76. The second kappa shape index (κ2) is 5.02. The van der Waals surface area contributed by atoms with Gasteiger partial charge >= 0.3 is 5.97 Å². The highest BCUT2D eigenvalue weighted by atomic mass is 35.5. The van der Waals surface area contributed by atoms with Crippen LogP contribution in [0.25, 0.3) is 0 Å². The summed E-state index contributed by atoms with van der Waals surface area (Å²) < 4.78 is 0. The van der Waals surface area contributed by atoms with Crippen LogP contribution in [0.2, 0.25) is 5.02 Å². The van der Waals surface area contributed by atoms with Crippen molar-refractivity contribution in [2.45, 2.75) is 5.92 Å². The summed E-state index contributed by atoms with van der Waals surface area (Å²) in [5.41, 5.74) is 1.50. The van der Waals surface area contributed by atoms with Gasteiger partial charge in [-0.15, -0.1) is 0 Å². The maximum absolute atomic E-state index is 11.4. The van der Waals surface area contributed by atoms with Gasteiger partial charge in [0.2, 0.25) is 0 Å². The van der Waals surface area contributed by atoms with Gasteiger partial charge in [0, 0.05) is 5.02 Å². The molecule has 0 radical (unpaired) electrons. The van der Waals surface area contributed by atoms with E-state index < -0.39 is 11.9 Å². The van der Waals surface area contributed by atoms with Crippen molar-refractivity contribution >= 4 is 17.6 Å². The fourth-order valence-electron chi connectivity index (χ4n) is 1.78. The summed E-state index contributed by atoms with van der Waals surface area (Å²) in [5.74, 6) is -1.51. The molecule has 0 bridgehead atoms. The quantitative estimate of drug-likeness (QED) is 0.899. The first-order chi connectivity index (χ1) is 8.18. The Balaban J connectivity index is 2.43. The van der Waals surface area contributed by atoms with E-state index in [-0.39, 0.29) is 0 Å². The molecule has 2 rings (SSSR count). The van der Waals surface area contributed by atoms with Crippen molar-refractivity contribution in [1.29, 1.82) is 0 Å². The molecular formula is C14H11ClO2. The van der Waals surface area contributed by atoms with E-state index in [0.717, 1.165) is 11.1 Å². The number of halogens is 1. The van der Waals surface area contributed by atoms with Crippen LogP contribution < -0.4 is 0 Å². The van der Waals surface area contributed by atoms with Crippen LogP contribution in [0.3, 0.4) is 0 Å². The van der Waals surface area contributed by atoms with Gasteiger partial charge in [-0.25, -0.2) is 0 Å². The Bertz CT molecular complexity index is 506. The standard InChI is InChI=1S/C14H11ClO2/c15-12-8-6-11(7-9-12)13(14(16)17)10-4-2-1-3-5-10/h1-9,13H,(H,16,17)/t13-/m1/s1. The summed E-state index contributed by atoms with van der Waals surface area (Å²) in [6.07, 6.45) is 0. The molecule has 17 heavy (non-hydrogen) atoms. The largest absolute Gasteiger partial charge is 0.481 e. The number of carboxylic acids is 1. The average Bonchev–Trinajstić information content (AvgIpc) is 2.33. The van der Waals surface area contributed by atoms with Crippen LogP contribution in [-0.2, 0) is 4.79 Å². The van der Waals surface area contributed by atoms with Crippen molar-refractivity contribution in [2.75, 3.05) is 0 Å². The first kappa shape index (κ1) is 11.7. The summed E-state index contributed by atoms with van der Waals surface area (Å²) in [7, 11) is 0. The fraction of sp³-hybridized carbons (Fsp3) is 0.0714. The molecule has 3 heteroatoms. The second-order valence-corrected chi connectivity index (χ2v) is 4.17. The Morgan fingerprint density at radius 2 is 1.47 bits per heavy atom. The number of carbonyl (C=O) groups is 1. The lowest BCUT2D eigenvalue weighted by Crippen LogP contribution is -2.12. The Labute approximate surface area is 104 Å². The number of hydrogen-bond acceptors (Lipinski definition) is 1. The van der Waals surface area contributed by atoms with Gasteiger partial charge in [-0.1, -0.05) is 54.1 Å². The predicted octanol–water partition coefficient (Wildman–Crippen LogP) is 3.56. The van der Waals surface area contributed by atoms with Gasteiger partial charge in [0.25, 0.3) is 0 Å². The molecule has 0 aliphatic carbocycles. The van der Waals surface area contributed by atoms with Gasteiger partial charge in [0.1, 0.15) is 5.92 Å². The zero-order chi connectivity index (χ0) is 12.3. The summed E-state index contributed by atoms with van der Waals surface area (Å²) in [6, 6.07) is 16.1. The third kappa shape index (κ3) is 2.66. The van der Waals surface area contributed by atoms with E-state index in [2.05, 4.69) is 0 Å². The van der Waals surface area contributed by atoms with Crippen molar-refractivity contribution < 1.29 is 9.90 Å². The molecule has 0 heterocycles. The van der Waals surface area contributed by atoms with E-state index in [1.807, 2.05) is 30.3 Å².